The Morgan fingerprint density at radius 3 is 2.74 bits per heavy atom. The maximum absolute atomic E-state index is 12.8. The predicted octanol–water partition coefficient (Wildman–Crippen LogP) is 4.43. The van der Waals surface area contributed by atoms with E-state index in [-0.39, 0.29) is 16.6 Å². The van der Waals surface area contributed by atoms with Crippen molar-refractivity contribution in [1.29, 1.82) is 0 Å². The van der Waals surface area contributed by atoms with Gasteiger partial charge in [-0.3, -0.25) is 4.79 Å². The van der Waals surface area contributed by atoms with Gasteiger partial charge < -0.3 is 14.5 Å². The number of aromatic nitrogens is 2. The zero-order chi connectivity index (χ0) is 19.4. The summed E-state index contributed by atoms with van der Waals surface area (Å²) in [6, 6.07) is 9.21. The van der Waals surface area contributed by atoms with E-state index in [9.17, 15) is 18.0 Å². The molecule has 0 fully saturated rings. The van der Waals surface area contributed by atoms with Gasteiger partial charge in [-0.15, -0.1) is 10.2 Å². The van der Waals surface area contributed by atoms with Crippen molar-refractivity contribution < 1.29 is 27.1 Å². The molecule has 3 rings (SSSR count). The molecule has 0 aliphatic rings. The highest BCUT2D eigenvalue weighted by molar-refractivity contribution is 6.33. The summed E-state index contributed by atoms with van der Waals surface area (Å²) >= 11 is 5.84. The summed E-state index contributed by atoms with van der Waals surface area (Å²) in [5.74, 6) is -0.0453. The van der Waals surface area contributed by atoms with E-state index in [1.807, 2.05) is 0 Å². The summed E-state index contributed by atoms with van der Waals surface area (Å²) in [6.45, 7) is -0.431. The Kier molecular flexibility index (Phi) is 5.31. The molecule has 0 saturated heterocycles. The van der Waals surface area contributed by atoms with E-state index >= 15 is 0 Å². The molecular weight excluding hydrogens is 387 g/mol. The second-order valence-electron chi connectivity index (χ2n) is 5.30. The highest BCUT2D eigenvalue weighted by atomic mass is 35.5. The highest BCUT2D eigenvalue weighted by Crippen LogP contribution is 2.33. The Labute approximate surface area is 155 Å². The standard InChI is InChI=1S/C17H11ClF3N3O3/c18-13-5-4-11(17(19,20)21)7-14(13)23-15(25)8-26-12-3-1-2-10(6-12)16-24-22-9-27-16/h1-7,9H,8H2,(H,23,25). The second-order valence-corrected chi connectivity index (χ2v) is 5.71. The molecule has 0 spiro atoms. The number of carbonyl (C=O) groups excluding carboxylic acids is 1. The Bertz CT molecular complexity index is 946. The van der Waals surface area contributed by atoms with Crippen LogP contribution in [0.2, 0.25) is 5.02 Å². The number of alkyl halides is 3. The number of hydrogen-bond acceptors (Lipinski definition) is 5. The third-order valence-electron chi connectivity index (χ3n) is 3.38. The normalized spacial score (nSPS) is 11.3. The molecule has 0 radical (unpaired) electrons. The SMILES string of the molecule is O=C(COc1cccc(-c2nnco2)c1)Nc1cc(C(F)(F)F)ccc1Cl. The van der Waals surface area contributed by atoms with E-state index in [0.717, 1.165) is 18.2 Å². The van der Waals surface area contributed by atoms with Crippen LogP contribution in [0.4, 0.5) is 18.9 Å². The zero-order valence-corrected chi connectivity index (χ0v) is 14.2. The minimum Gasteiger partial charge on any atom is -0.484 e. The van der Waals surface area contributed by atoms with E-state index in [1.54, 1.807) is 24.3 Å². The number of amides is 1. The lowest BCUT2D eigenvalue weighted by atomic mass is 10.2. The number of nitrogens with one attached hydrogen (secondary N) is 1. The molecule has 0 atom stereocenters. The monoisotopic (exact) mass is 397 g/mol. The minimum atomic E-state index is -4.55. The van der Waals surface area contributed by atoms with Crippen LogP contribution in [0.25, 0.3) is 11.5 Å². The number of carbonyl (C=O) groups is 1. The van der Waals surface area contributed by atoms with Gasteiger partial charge in [0.1, 0.15) is 5.75 Å². The molecule has 1 N–H and O–H groups in total. The number of nitrogens with zero attached hydrogens (tertiary/aromatic N) is 2. The maximum atomic E-state index is 12.8. The van der Waals surface area contributed by atoms with E-state index in [0.29, 0.717) is 11.3 Å². The smallest absolute Gasteiger partial charge is 0.416 e. The van der Waals surface area contributed by atoms with Gasteiger partial charge in [0.05, 0.1) is 16.3 Å². The van der Waals surface area contributed by atoms with E-state index in [1.165, 1.54) is 6.39 Å². The molecule has 27 heavy (non-hydrogen) atoms. The lowest BCUT2D eigenvalue weighted by Crippen LogP contribution is -2.20. The molecule has 0 saturated carbocycles. The van der Waals surface area contributed by atoms with Crippen molar-refractivity contribution in [1.82, 2.24) is 10.2 Å². The van der Waals surface area contributed by atoms with Crippen LogP contribution in [-0.2, 0) is 11.0 Å². The second kappa shape index (κ2) is 7.67. The van der Waals surface area contributed by atoms with Crippen LogP contribution >= 0.6 is 11.6 Å². The first-order valence-electron chi connectivity index (χ1n) is 7.49. The first-order chi connectivity index (χ1) is 12.8. The van der Waals surface area contributed by atoms with Gasteiger partial charge in [0, 0.05) is 5.56 Å². The molecule has 0 aliphatic heterocycles. The Morgan fingerprint density at radius 1 is 1.22 bits per heavy atom. The van der Waals surface area contributed by atoms with Gasteiger partial charge >= 0.3 is 6.18 Å². The quantitative estimate of drug-likeness (QED) is 0.689. The van der Waals surface area contributed by atoms with Crippen molar-refractivity contribution in [3.63, 3.8) is 0 Å². The zero-order valence-electron chi connectivity index (χ0n) is 13.5. The highest BCUT2D eigenvalue weighted by Gasteiger charge is 2.31. The lowest BCUT2D eigenvalue weighted by Gasteiger charge is -2.12. The number of halogens is 4. The fourth-order valence-electron chi connectivity index (χ4n) is 2.15. The van der Waals surface area contributed by atoms with E-state index in [4.69, 9.17) is 20.8 Å². The number of ether oxygens (including phenoxy) is 1. The van der Waals surface area contributed by atoms with E-state index in [2.05, 4.69) is 15.5 Å². The number of hydrogen-bond donors (Lipinski definition) is 1. The molecule has 1 heterocycles. The summed E-state index contributed by atoms with van der Waals surface area (Å²) < 4.78 is 48.7. The fraction of sp³-hybridized carbons (Fsp3) is 0.118. The molecule has 140 valence electrons. The lowest BCUT2D eigenvalue weighted by molar-refractivity contribution is -0.137. The average molecular weight is 398 g/mol. The molecule has 6 nitrogen and oxygen atoms in total. The van der Waals surface area contributed by atoms with Crippen molar-refractivity contribution in [3.8, 4) is 17.2 Å². The van der Waals surface area contributed by atoms with Gasteiger partial charge in [0.2, 0.25) is 12.3 Å². The van der Waals surface area contributed by atoms with Crippen LogP contribution in [0.3, 0.4) is 0 Å². The third kappa shape index (κ3) is 4.76. The van der Waals surface area contributed by atoms with Gasteiger partial charge in [0.15, 0.2) is 6.61 Å². The van der Waals surface area contributed by atoms with Gasteiger partial charge in [0.25, 0.3) is 5.91 Å². The van der Waals surface area contributed by atoms with E-state index < -0.39 is 24.3 Å². The number of anilines is 1. The maximum Gasteiger partial charge on any atom is 0.416 e. The van der Waals surface area contributed by atoms with Gasteiger partial charge in [-0.25, -0.2) is 0 Å². The van der Waals surface area contributed by atoms with Crippen LogP contribution < -0.4 is 10.1 Å². The Balaban J connectivity index is 1.65. The van der Waals surface area contributed by atoms with Gasteiger partial charge in [-0.05, 0) is 36.4 Å². The Morgan fingerprint density at radius 2 is 2.04 bits per heavy atom. The van der Waals surface area contributed by atoms with Crippen LogP contribution in [0, 0.1) is 0 Å². The van der Waals surface area contributed by atoms with Crippen LogP contribution in [-0.4, -0.2) is 22.7 Å². The van der Waals surface area contributed by atoms with Crippen molar-refractivity contribution in [2.75, 3.05) is 11.9 Å². The molecule has 1 amide bonds. The fourth-order valence-corrected chi connectivity index (χ4v) is 2.32. The first kappa shape index (κ1) is 18.7. The summed E-state index contributed by atoms with van der Waals surface area (Å²) in [5, 5.41) is 9.61. The van der Waals surface area contributed by atoms with Crippen LogP contribution in [0.5, 0.6) is 5.75 Å². The first-order valence-corrected chi connectivity index (χ1v) is 7.87. The van der Waals surface area contributed by atoms with Crippen molar-refractivity contribution >= 4 is 23.2 Å². The molecule has 0 unspecified atom stereocenters. The Hall–Kier alpha value is -3.07. The molecule has 3 aromatic rings. The molecule has 0 aliphatic carbocycles. The number of benzene rings is 2. The summed E-state index contributed by atoms with van der Waals surface area (Å²) in [7, 11) is 0. The van der Waals surface area contributed by atoms with Gasteiger partial charge in [-0.1, -0.05) is 17.7 Å². The average Bonchev–Trinajstić information content (AvgIpc) is 3.16. The predicted molar refractivity (Wildman–Crippen MR) is 90.3 cm³/mol. The van der Waals surface area contributed by atoms with Crippen molar-refractivity contribution in [3.05, 3.63) is 59.4 Å². The molecule has 2 aromatic carbocycles. The summed E-state index contributed by atoms with van der Waals surface area (Å²) in [5.41, 5.74) is -0.485. The van der Waals surface area contributed by atoms with Crippen molar-refractivity contribution in [2.24, 2.45) is 0 Å². The summed E-state index contributed by atoms with van der Waals surface area (Å²) in [4.78, 5) is 12.0. The number of rotatable bonds is 5. The van der Waals surface area contributed by atoms with Gasteiger partial charge in [-0.2, -0.15) is 13.2 Å². The minimum absolute atomic E-state index is 0.0188. The molecule has 0 bridgehead atoms. The van der Waals surface area contributed by atoms with Crippen LogP contribution in [0.1, 0.15) is 5.56 Å². The topological polar surface area (TPSA) is 77.2 Å². The molecular formula is C17H11ClF3N3O3. The largest absolute Gasteiger partial charge is 0.484 e. The van der Waals surface area contributed by atoms with Crippen LogP contribution in [0.15, 0.2) is 53.3 Å². The molecule has 1 aromatic heterocycles. The van der Waals surface area contributed by atoms with Crippen molar-refractivity contribution in [2.45, 2.75) is 6.18 Å². The molecule has 10 heteroatoms. The summed E-state index contributed by atoms with van der Waals surface area (Å²) in [6.07, 6.45) is -3.37. The third-order valence-corrected chi connectivity index (χ3v) is 3.71.